The minimum Gasteiger partial charge on any atom is -0.493 e. The number of halogens is 1. The van der Waals surface area contributed by atoms with E-state index >= 15 is 0 Å². The zero-order valence-corrected chi connectivity index (χ0v) is 11.3. The zero-order valence-electron chi connectivity index (χ0n) is 10.6. The Bertz CT molecular complexity index is 392. The highest BCUT2D eigenvalue weighted by Crippen LogP contribution is 2.34. The summed E-state index contributed by atoms with van der Waals surface area (Å²) in [6, 6.07) is 4.09. The van der Waals surface area contributed by atoms with Crippen LogP contribution in [0, 0.1) is 5.92 Å². The lowest BCUT2D eigenvalue weighted by Crippen LogP contribution is -2.20. The van der Waals surface area contributed by atoms with Gasteiger partial charge in [0.2, 0.25) is 0 Å². The van der Waals surface area contributed by atoms with Crippen LogP contribution in [-0.4, -0.2) is 20.2 Å². The number of benzene rings is 1. The molecule has 1 aliphatic heterocycles. The van der Waals surface area contributed by atoms with Crippen LogP contribution in [0.3, 0.4) is 0 Å². The molecule has 2 nitrogen and oxygen atoms in total. The molecule has 3 heteroatoms. The molecule has 17 heavy (non-hydrogen) atoms. The van der Waals surface area contributed by atoms with Crippen molar-refractivity contribution in [1.82, 2.24) is 5.32 Å². The van der Waals surface area contributed by atoms with Gasteiger partial charge in [-0.15, -0.1) is 0 Å². The van der Waals surface area contributed by atoms with Gasteiger partial charge in [-0.1, -0.05) is 24.9 Å². The predicted octanol–water partition coefficient (Wildman–Crippen LogP) is 3.06. The maximum atomic E-state index is 6.16. The van der Waals surface area contributed by atoms with E-state index in [0.29, 0.717) is 5.92 Å². The summed E-state index contributed by atoms with van der Waals surface area (Å²) in [6.07, 6.45) is 3.20. The van der Waals surface area contributed by atoms with Crippen LogP contribution < -0.4 is 10.1 Å². The standard InChI is InChI=1S/C14H20ClNO/c1-3-10(9-16-2)6-12-8-13(15)7-11-4-5-17-14(11)12/h7-8,10,16H,3-6,9H2,1-2H3. The van der Waals surface area contributed by atoms with Gasteiger partial charge in [-0.2, -0.15) is 0 Å². The summed E-state index contributed by atoms with van der Waals surface area (Å²) >= 11 is 6.16. The van der Waals surface area contributed by atoms with Gasteiger partial charge in [0, 0.05) is 11.4 Å². The molecule has 94 valence electrons. The first kappa shape index (κ1) is 12.7. The zero-order chi connectivity index (χ0) is 12.3. The monoisotopic (exact) mass is 253 g/mol. The van der Waals surface area contributed by atoms with Gasteiger partial charge in [0.25, 0.3) is 0 Å². The van der Waals surface area contributed by atoms with E-state index in [9.17, 15) is 0 Å². The Balaban J connectivity index is 2.20. The summed E-state index contributed by atoms with van der Waals surface area (Å²) in [5, 5.41) is 4.08. The van der Waals surface area contributed by atoms with Gasteiger partial charge < -0.3 is 10.1 Å². The molecule has 0 bridgehead atoms. The summed E-state index contributed by atoms with van der Waals surface area (Å²) in [4.78, 5) is 0. The Labute approximate surface area is 108 Å². The number of hydrogen-bond donors (Lipinski definition) is 1. The van der Waals surface area contributed by atoms with Gasteiger partial charge in [-0.05, 0) is 49.2 Å². The van der Waals surface area contributed by atoms with E-state index in [0.717, 1.165) is 36.8 Å². The molecule has 1 heterocycles. The van der Waals surface area contributed by atoms with Crippen molar-refractivity contribution in [1.29, 1.82) is 0 Å². The fraction of sp³-hybridized carbons (Fsp3) is 0.571. The second-order valence-corrected chi connectivity index (χ2v) is 5.12. The average Bonchev–Trinajstić information content (AvgIpc) is 2.76. The first-order valence-corrected chi connectivity index (χ1v) is 6.71. The maximum Gasteiger partial charge on any atom is 0.125 e. The van der Waals surface area contributed by atoms with Crippen molar-refractivity contribution < 1.29 is 4.74 Å². The van der Waals surface area contributed by atoms with Crippen LogP contribution in [0.1, 0.15) is 24.5 Å². The third kappa shape index (κ3) is 2.93. The highest BCUT2D eigenvalue weighted by molar-refractivity contribution is 6.30. The number of ether oxygens (including phenoxy) is 1. The molecule has 1 aliphatic rings. The molecule has 0 radical (unpaired) electrons. The van der Waals surface area contributed by atoms with Crippen molar-refractivity contribution in [2.45, 2.75) is 26.2 Å². The highest BCUT2D eigenvalue weighted by Gasteiger charge is 2.19. The normalized spacial score (nSPS) is 15.5. The molecule has 1 aromatic carbocycles. The minimum absolute atomic E-state index is 0.645. The van der Waals surface area contributed by atoms with Crippen molar-refractivity contribution in [3.63, 3.8) is 0 Å². The molecule has 0 aromatic heterocycles. The summed E-state index contributed by atoms with van der Waals surface area (Å²) < 4.78 is 5.73. The molecule has 1 unspecified atom stereocenters. The van der Waals surface area contributed by atoms with E-state index in [1.54, 1.807) is 0 Å². The molecule has 1 aromatic rings. The van der Waals surface area contributed by atoms with Crippen LogP contribution in [0.4, 0.5) is 0 Å². The number of rotatable bonds is 5. The van der Waals surface area contributed by atoms with Crippen LogP contribution >= 0.6 is 11.6 Å². The second-order valence-electron chi connectivity index (χ2n) is 4.69. The molecule has 2 rings (SSSR count). The van der Waals surface area contributed by atoms with Crippen molar-refractivity contribution in [3.8, 4) is 5.75 Å². The van der Waals surface area contributed by atoms with Crippen molar-refractivity contribution >= 4 is 11.6 Å². The molecular weight excluding hydrogens is 234 g/mol. The van der Waals surface area contributed by atoms with Gasteiger partial charge in [-0.25, -0.2) is 0 Å². The fourth-order valence-electron chi connectivity index (χ4n) is 2.46. The molecule has 0 saturated heterocycles. The Kier molecular flexibility index (Phi) is 4.30. The lowest BCUT2D eigenvalue weighted by atomic mass is 9.95. The van der Waals surface area contributed by atoms with E-state index in [1.165, 1.54) is 17.5 Å². The Morgan fingerprint density at radius 3 is 3.00 bits per heavy atom. The fourth-order valence-corrected chi connectivity index (χ4v) is 2.72. The van der Waals surface area contributed by atoms with Gasteiger partial charge in [-0.3, -0.25) is 0 Å². The molecule has 0 amide bonds. The van der Waals surface area contributed by atoms with Gasteiger partial charge >= 0.3 is 0 Å². The lowest BCUT2D eigenvalue weighted by Gasteiger charge is -2.16. The second kappa shape index (κ2) is 5.74. The number of hydrogen-bond acceptors (Lipinski definition) is 2. The molecular formula is C14H20ClNO. The predicted molar refractivity (Wildman–Crippen MR) is 72.1 cm³/mol. The van der Waals surface area contributed by atoms with E-state index in [4.69, 9.17) is 16.3 Å². The largest absolute Gasteiger partial charge is 0.493 e. The molecule has 0 saturated carbocycles. The number of fused-ring (bicyclic) bond motifs is 1. The van der Waals surface area contributed by atoms with Crippen LogP contribution in [0.15, 0.2) is 12.1 Å². The summed E-state index contributed by atoms with van der Waals surface area (Å²) in [6.45, 7) is 4.07. The molecule has 0 fully saturated rings. The van der Waals surface area contributed by atoms with Crippen LogP contribution in [0.25, 0.3) is 0 Å². The quantitative estimate of drug-likeness (QED) is 0.871. The Morgan fingerprint density at radius 2 is 2.29 bits per heavy atom. The van der Waals surface area contributed by atoms with Crippen LogP contribution in [-0.2, 0) is 12.8 Å². The smallest absolute Gasteiger partial charge is 0.125 e. The lowest BCUT2D eigenvalue weighted by molar-refractivity contribution is 0.350. The molecule has 1 N–H and O–H groups in total. The number of nitrogens with one attached hydrogen (secondary N) is 1. The molecule has 0 aliphatic carbocycles. The van der Waals surface area contributed by atoms with Gasteiger partial charge in [0.05, 0.1) is 6.61 Å². The van der Waals surface area contributed by atoms with Crippen LogP contribution in [0.5, 0.6) is 5.75 Å². The third-order valence-corrected chi connectivity index (χ3v) is 3.62. The summed E-state index contributed by atoms with van der Waals surface area (Å²) in [5.41, 5.74) is 2.54. The van der Waals surface area contributed by atoms with Gasteiger partial charge in [0.1, 0.15) is 5.75 Å². The van der Waals surface area contributed by atoms with Crippen molar-refractivity contribution in [3.05, 3.63) is 28.3 Å². The molecule has 1 atom stereocenters. The Hall–Kier alpha value is -0.730. The first-order valence-electron chi connectivity index (χ1n) is 6.33. The molecule has 0 spiro atoms. The van der Waals surface area contributed by atoms with E-state index in [2.05, 4.69) is 18.3 Å². The van der Waals surface area contributed by atoms with Gasteiger partial charge in [0.15, 0.2) is 0 Å². The third-order valence-electron chi connectivity index (χ3n) is 3.40. The van der Waals surface area contributed by atoms with E-state index in [-0.39, 0.29) is 0 Å². The van der Waals surface area contributed by atoms with E-state index < -0.39 is 0 Å². The van der Waals surface area contributed by atoms with Crippen molar-refractivity contribution in [2.24, 2.45) is 5.92 Å². The Morgan fingerprint density at radius 1 is 1.47 bits per heavy atom. The van der Waals surface area contributed by atoms with Crippen LogP contribution in [0.2, 0.25) is 5.02 Å². The minimum atomic E-state index is 0.645. The average molecular weight is 254 g/mol. The summed E-state index contributed by atoms with van der Waals surface area (Å²) in [5.74, 6) is 1.73. The SMILES string of the molecule is CCC(CNC)Cc1cc(Cl)cc2c1OCC2. The maximum absolute atomic E-state index is 6.16. The summed E-state index contributed by atoms with van der Waals surface area (Å²) in [7, 11) is 2.00. The first-order chi connectivity index (χ1) is 8.24. The highest BCUT2D eigenvalue weighted by atomic mass is 35.5. The van der Waals surface area contributed by atoms with Crippen molar-refractivity contribution in [2.75, 3.05) is 20.2 Å². The topological polar surface area (TPSA) is 21.3 Å². The van der Waals surface area contributed by atoms with E-state index in [1.807, 2.05) is 13.1 Å².